The Balaban J connectivity index is 1.46. The van der Waals surface area contributed by atoms with Gasteiger partial charge in [0.15, 0.2) is 18.3 Å². The lowest BCUT2D eigenvalue weighted by Crippen LogP contribution is -2.66. The number of carbonyl (C=O) groups excluding carboxylic acids is 3. The molecule has 0 saturated carbocycles. The number of nitrogens with zero attached hydrogens (tertiary/aromatic N) is 1. The highest BCUT2D eigenvalue weighted by Crippen LogP contribution is 2.40. The third-order valence-electron chi connectivity index (χ3n) is 9.44. The Morgan fingerprint density at radius 1 is 0.755 bits per heavy atom. The van der Waals surface area contributed by atoms with Gasteiger partial charge in [-0.3, -0.25) is 0 Å². The van der Waals surface area contributed by atoms with Crippen LogP contribution in [0.25, 0.3) is 0 Å². The Bertz CT molecular complexity index is 1680. The predicted octanol–water partition coefficient (Wildman–Crippen LogP) is 6.36. The van der Waals surface area contributed by atoms with Crippen LogP contribution in [0.15, 0.2) is 103 Å². The van der Waals surface area contributed by atoms with Gasteiger partial charge in [-0.15, -0.1) is 16.5 Å². The SMILES string of the molecule is CC(C)(C)[S@@+]([O-])N[C@@H]1CC=CCC(CN2CCCC2)S[C@H]2O[C@H]1[C@H](OC(=O)c1ccccc1)[C@H](OC(=O)c1ccccc1)[C@H]2OC(=O)c1ccccc1. The number of thioether (sulfide) groups is 1. The molecule has 2 fully saturated rings. The maximum Gasteiger partial charge on any atom is 0.338 e. The minimum Gasteiger partial charge on any atom is -0.598 e. The summed E-state index contributed by atoms with van der Waals surface area (Å²) < 4.78 is 42.3. The molecule has 0 radical (unpaired) electrons. The number of nitrogens with one attached hydrogen (secondary N) is 1. The molecule has 3 aromatic rings. The molecule has 3 aliphatic rings. The maximum atomic E-state index is 14.0. The molecule has 1 N–H and O–H groups in total. The Morgan fingerprint density at radius 3 is 1.74 bits per heavy atom. The van der Waals surface area contributed by atoms with E-state index in [2.05, 4.69) is 15.7 Å². The summed E-state index contributed by atoms with van der Waals surface area (Å²) in [6, 6.07) is 24.9. The summed E-state index contributed by atoms with van der Waals surface area (Å²) in [4.78, 5) is 44.2. The second kappa shape index (κ2) is 18.1. The fourth-order valence-corrected chi connectivity index (χ4v) is 8.95. The highest BCUT2D eigenvalue weighted by Gasteiger charge is 2.56. The third kappa shape index (κ3) is 10.3. The van der Waals surface area contributed by atoms with Crippen molar-refractivity contribution < 1.29 is 37.9 Å². The average molecular weight is 761 g/mol. The Hall–Kier alpha value is -3.65. The van der Waals surface area contributed by atoms with Crippen LogP contribution in [0.2, 0.25) is 0 Å². The lowest BCUT2D eigenvalue weighted by atomic mass is 9.92. The van der Waals surface area contributed by atoms with Gasteiger partial charge in [0, 0.05) is 23.2 Å². The smallest absolute Gasteiger partial charge is 0.338 e. The molecular weight excluding hydrogens is 713 g/mol. The number of esters is 3. The van der Waals surface area contributed by atoms with Crippen LogP contribution < -0.4 is 4.72 Å². The van der Waals surface area contributed by atoms with Gasteiger partial charge >= 0.3 is 17.9 Å². The number of benzene rings is 3. The van der Waals surface area contributed by atoms with E-state index in [1.54, 1.807) is 91.0 Å². The van der Waals surface area contributed by atoms with Crippen LogP contribution in [0.3, 0.4) is 0 Å². The molecule has 3 aliphatic heterocycles. The number of rotatable bonds is 10. The van der Waals surface area contributed by atoms with Crippen LogP contribution in [0.5, 0.6) is 0 Å². The molecule has 8 atom stereocenters. The fourth-order valence-electron chi connectivity index (χ4n) is 6.63. The Kier molecular flexibility index (Phi) is 13.4. The molecule has 6 rings (SSSR count). The zero-order valence-corrected chi connectivity index (χ0v) is 32.0. The quantitative estimate of drug-likeness (QED) is 0.108. The van der Waals surface area contributed by atoms with Crippen LogP contribution in [0, 0.1) is 0 Å². The van der Waals surface area contributed by atoms with Crippen molar-refractivity contribution in [3.8, 4) is 0 Å². The van der Waals surface area contributed by atoms with E-state index >= 15 is 0 Å². The molecule has 0 spiro atoms. The normalized spacial score (nSPS) is 27.0. The van der Waals surface area contributed by atoms with E-state index in [9.17, 15) is 18.9 Å². The molecule has 12 heteroatoms. The van der Waals surface area contributed by atoms with E-state index in [4.69, 9.17) is 18.9 Å². The van der Waals surface area contributed by atoms with Gasteiger partial charge in [-0.25, -0.2) is 14.4 Å². The van der Waals surface area contributed by atoms with Crippen LogP contribution in [0.1, 0.15) is 77.5 Å². The van der Waals surface area contributed by atoms with Gasteiger partial charge in [0.05, 0.1) is 22.7 Å². The van der Waals surface area contributed by atoms with Crippen molar-refractivity contribution in [1.82, 2.24) is 9.62 Å². The summed E-state index contributed by atoms with van der Waals surface area (Å²) >= 11 is -0.0291. The highest BCUT2D eigenvalue weighted by molar-refractivity contribution is 8.00. The molecule has 0 amide bonds. The number of likely N-dealkylation sites (tertiary alicyclic amines) is 1. The molecule has 2 saturated heterocycles. The monoisotopic (exact) mass is 760 g/mol. The number of carbonyl (C=O) groups is 3. The minimum absolute atomic E-state index is 0.0371. The van der Waals surface area contributed by atoms with E-state index in [-0.39, 0.29) is 16.4 Å². The molecule has 0 aromatic heterocycles. The lowest BCUT2D eigenvalue weighted by Gasteiger charge is -2.47. The number of allylic oxidation sites excluding steroid dienone is 1. The second-order valence-electron chi connectivity index (χ2n) is 14.5. The number of hydrogen-bond donors (Lipinski definition) is 1. The molecule has 3 heterocycles. The summed E-state index contributed by atoms with van der Waals surface area (Å²) in [6.45, 7) is 8.39. The van der Waals surface area contributed by atoms with Crippen LogP contribution in [-0.4, -0.2) is 92.9 Å². The zero-order valence-electron chi connectivity index (χ0n) is 30.3. The van der Waals surface area contributed by atoms with Crippen LogP contribution in [0.4, 0.5) is 0 Å². The Labute approximate surface area is 319 Å². The fraction of sp³-hybridized carbons (Fsp3) is 0.439. The van der Waals surface area contributed by atoms with E-state index in [0.717, 1.165) is 32.5 Å². The van der Waals surface area contributed by atoms with Crippen molar-refractivity contribution in [3.63, 3.8) is 0 Å². The van der Waals surface area contributed by atoms with Gasteiger partial charge in [0.2, 0.25) is 0 Å². The van der Waals surface area contributed by atoms with Gasteiger partial charge in [0.1, 0.15) is 16.3 Å². The number of fused-ring (bicyclic) bond motifs is 2. The summed E-state index contributed by atoms with van der Waals surface area (Å²) in [5.41, 5.74) is 0.0187. The summed E-state index contributed by atoms with van der Waals surface area (Å²) in [6.07, 6.45) is 2.79. The zero-order chi connectivity index (χ0) is 37.4. The third-order valence-corrected chi connectivity index (χ3v) is 12.4. The lowest BCUT2D eigenvalue weighted by molar-refractivity contribution is -0.205. The topological polar surface area (TPSA) is 126 Å². The molecule has 2 bridgehead atoms. The van der Waals surface area contributed by atoms with Gasteiger partial charge in [0.25, 0.3) is 0 Å². The van der Waals surface area contributed by atoms with Crippen molar-refractivity contribution in [3.05, 3.63) is 120 Å². The van der Waals surface area contributed by atoms with Gasteiger partial charge < -0.3 is 28.4 Å². The van der Waals surface area contributed by atoms with Crippen molar-refractivity contribution in [2.75, 3.05) is 19.6 Å². The predicted molar refractivity (Wildman–Crippen MR) is 206 cm³/mol. The van der Waals surface area contributed by atoms with E-state index in [0.29, 0.717) is 18.4 Å². The highest BCUT2D eigenvalue weighted by atomic mass is 32.2. The maximum absolute atomic E-state index is 14.0. The second-order valence-corrected chi connectivity index (χ2v) is 17.9. The van der Waals surface area contributed by atoms with E-state index in [1.807, 2.05) is 26.8 Å². The van der Waals surface area contributed by atoms with Gasteiger partial charge in [-0.1, -0.05) is 66.7 Å². The first-order chi connectivity index (χ1) is 25.6. The van der Waals surface area contributed by atoms with Crippen molar-refractivity contribution in [2.45, 2.75) is 92.3 Å². The van der Waals surface area contributed by atoms with Gasteiger partial charge in [-0.05, 0) is 95.9 Å². The number of ether oxygens (including phenoxy) is 4. The van der Waals surface area contributed by atoms with Gasteiger partial charge in [-0.2, -0.15) is 0 Å². The van der Waals surface area contributed by atoms with Crippen LogP contribution in [-0.2, 0) is 30.3 Å². The molecule has 0 aliphatic carbocycles. The van der Waals surface area contributed by atoms with Crippen molar-refractivity contribution >= 4 is 41.0 Å². The largest absolute Gasteiger partial charge is 0.598 e. The van der Waals surface area contributed by atoms with E-state index < -0.39 is 69.9 Å². The molecule has 53 heavy (non-hydrogen) atoms. The molecule has 282 valence electrons. The first-order valence-electron chi connectivity index (χ1n) is 18.2. The number of hydrogen-bond acceptors (Lipinski definition) is 11. The molecule has 1 unspecified atom stereocenters. The molecule has 3 aromatic carbocycles. The summed E-state index contributed by atoms with van der Waals surface area (Å²) in [5, 5.41) is 0.0371. The standard InChI is InChI=1S/C41H48N2O8S2/c1-41(2,3)53(47)42-32-24-14-13-23-31(27-43-25-15-16-26-43)52-40-36(50-39(46)30-21-11-6-12-22-30)35(49-38(45)29-19-9-5-10-20-29)34(33(32)51-40)48-37(44)28-17-7-4-8-18-28/h4-14,17-22,31-36,40,42H,15-16,23-27H2,1-3H3/t31?,32-,33-,34+,35+,36-,40-,53-/m1/s1. The van der Waals surface area contributed by atoms with Crippen LogP contribution >= 0.6 is 11.8 Å². The average Bonchev–Trinajstić information content (AvgIpc) is 3.68. The summed E-state index contributed by atoms with van der Waals surface area (Å²) in [5.74, 6) is -1.98. The van der Waals surface area contributed by atoms with Crippen molar-refractivity contribution in [1.29, 1.82) is 0 Å². The molecule has 10 nitrogen and oxygen atoms in total. The Morgan fingerprint density at radius 2 is 1.23 bits per heavy atom. The van der Waals surface area contributed by atoms with E-state index in [1.165, 1.54) is 11.8 Å². The van der Waals surface area contributed by atoms with Crippen molar-refractivity contribution in [2.24, 2.45) is 0 Å². The first-order valence-corrected chi connectivity index (χ1v) is 20.3. The summed E-state index contributed by atoms with van der Waals surface area (Å²) in [7, 11) is 0. The molecular formula is C41H48N2O8S2. The first kappa shape index (κ1) is 39.1. The minimum atomic E-state index is -1.55.